The topological polar surface area (TPSA) is 54.7 Å². The molecule has 0 bridgehead atoms. The maximum absolute atomic E-state index is 12.0. The van der Waals surface area contributed by atoms with E-state index < -0.39 is 0 Å². The molecule has 24 heavy (non-hydrogen) atoms. The third kappa shape index (κ3) is 4.76. The number of nitrogens with one attached hydrogen (secondary N) is 1. The van der Waals surface area contributed by atoms with Gasteiger partial charge in [0.05, 0.1) is 6.26 Å². The van der Waals surface area contributed by atoms with Crippen molar-refractivity contribution in [3.05, 3.63) is 53.4 Å². The number of benzene rings is 1. The Hall–Kier alpha value is -1.98. The maximum Gasteiger partial charge on any atom is 0.287 e. The summed E-state index contributed by atoms with van der Waals surface area (Å²) >= 11 is 5.85. The fourth-order valence-corrected chi connectivity index (χ4v) is 2.91. The zero-order valence-corrected chi connectivity index (χ0v) is 14.2. The number of carbonyl (C=O) groups excluding carboxylic acids is 1. The van der Waals surface area contributed by atoms with E-state index in [-0.39, 0.29) is 11.9 Å². The van der Waals surface area contributed by atoms with Crippen molar-refractivity contribution in [2.45, 2.75) is 18.9 Å². The van der Waals surface area contributed by atoms with Gasteiger partial charge in [-0.1, -0.05) is 11.6 Å². The Balaban J connectivity index is 1.34. The molecule has 1 aliphatic heterocycles. The molecule has 0 aliphatic carbocycles. The summed E-state index contributed by atoms with van der Waals surface area (Å²) in [6, 6.07) is 11.0. The third-order valence-electron chi connectivity index (χ3n) is 4.16. The number of piperidine rings is 1. The number of hydrogen-bond acceptors (Lipinski definition) is 4. The van der Waals surface area contributed by atoms with E-state index >= 15 is 0 Å². The van der Waals surface area contributed by atoms with Gasteiger partial charge in [0.2, 0.25) is 0 Å². The highest BCUT2D eigenvalue weighted by molar-refractivity contribution is 6.30. The molecule has 1 amide bonds. The summed E-state index contributed by atoms with van der Waals surface area (Å²) < 4.78 is 10.8. The molecule has 1 saturated heterocycles. The number of amides is 1. The molecule has 6 heteroatoms. The Morgan fingerprint density at radius 2 is 2.00 bits per heavy atom. The quantitative estimate of drug-likeness (QED) is 0.871. The Bertz CT molecular complexity index is 635. The summed E-state index contributed by atoms with van der Waals surface area (Å²) in [5, 5.41) is 3.74. The monoisotopic (exact) mass is 348 g/mol. The first-order valence-corrected chi connectivity index (χ1v) is 8.53. The van der Waals surface area contributed by atoms with Crippen LogP contribution >= 0.6 is 11.6 Å². The van der Waals surface area contributed by atoms with Crippen molar-refractivity contribution in [2.24, 2.45) is 0 Å². The van der Waals surface area contributed by atoms with Gasteiger partial charge in [-0.3, -0.25) is 9.69 Å². The fraction of sp³-hybridized carbons (Fsp3) is 0.389. The number of ether oxygens (including phenoxy) is 1. The van der Waals surface area contributed by atoms with Gasteiger partial charge in [-0.2, -0.15) is 0 Å². The number of carbonyl (C=O) groups is 1. The van der Waals surface area contributed by atoms with Crippen LogP contribution in [0.2, 0.25) is 5.02 Å². The lowest BCUT2D eigenvalue weighted by Gasteiger charge is -2.32. The van der Waals surface area contributed by atoms with Crippen LogP contribution in [0.4, 0.5) is 0 Å². The molecule has 1 aromatic heterocycles. The number of furan rings is 1. The highest BCUT2D eigenvalue weighted by Crippen LogP contribution is 2.16. The van der Waals surface area contributed by atoms with E-state index in [1.54, 1.807) is 12.1 Å². The minimum atomic E-state index is -0.135. The van der Waals surface area contributed by atoms with Crippen molar-refractivity contribution in [3.63, 3.8) is 0 Å². The first-order chi connectivity index (χ1) is 11.7. The number of nitrogens with zero attached hydrogens (tertiary/aromatic N) is 1. The molecule has 1 fully saturated rings. The predicted octanol–water partition coefficient (Wildman–Crippen LogP) is 3.21. The summed E-state index contributed by atoms with van der Waals surface area (Å²) in [5.41, 5.74) is 0. The van der Waals surface area contributed by atoms with Gasteiger partial charge in [-0.05, 0) is 49.2 Å². The third-order valence-corrected chi connectivity index (χ3v) is 4.41. The van der Waals surface area contributed by atoms with Crippen LogP contribution in [0.25, 0.3) is 0 Å². The second-order valence-corrected chi connectivity index (χ2v) is 6.31. The minimum absolute atomic E-state index is 0.135. The van der Waals surface area contributed by atoms with Gasteiger partial charge < -0.3 is 14.5 Å². The molecule has 128 valence electrons. The molecule has 0 saturated carbocycles. The highest BCUT2D eigenvalue weighted by Gasteiger charge is 2.21. The summed E-state index contributed by atoms with van der Waals surface area (Å²) in [5.74, 6) is 1.07. The van der Waals surface area contributed by atoms with E-state index in [4.69, 9.17) is 20.8 Å². The molecular weight excluding hydrogens is 328 g/mol. The normalized spacial score (nSPS) is 16.0. The number of halogens is 1. The van der Waals surface area contributed by atoms with Crippen LogP contribution in [-0.4, -0.2) is 43.1 Å². The smallest absolute Gasteiger partial charge is 0.287 e. The van der Waals surface area contributed by atoms with E-state index in [1.807, 2.05) is 24.3 Å². The van der Waals surface area contributed by atoms with Crippen LogP contribution in [0, 0.1) is 0 Å². The molecular formula is C18H21ClN2O3. The summed E-state index contributed by atoms with van der Waals surface area (Å²) in [7, 11) is 0. The SMILES string of the molecule is O=C(NC1CCN(CCOc2ccc(Cl)cc2)CC1)c1ccco1. The summed E-state index contributed by atoms with van der Waals surface area (Å²) in [4.78, 5) is 14.3. The predicted molar refractivity (Wildman–Crippen MR) is 92.6 cm³/mol. The zero-order chi connectivity index (χ0) is 16.8. The van der Waals surface area contributed by atoms with Gasteiger partial charge in [0.15, 0.2) is 5.76 Å². The Morgan fingerprint density at radius 1 is 1.25 bits per heavy atom. The van der Waals surface area contributed by atoms with Gasteiger partial charge in [0, 0.05) is 30.7 Å². The largest absolute Gasteiger partial charge is 0.492 e. The Kier molecular flexibility index (Phi) is 5.77. The van der Waals surface area contributed by atoms with Crippen molar-refractivity contribution in [1.29, 1.82) is 0 Å². The van der Waals surface area contributed by atoms with E-state index in [0.717, 1.165) is 38.2 Å². The van der Waals surface area contributed by atoms with Gasteiger partial charge in [0.25, 0.3) is 5.91 Å². The van der Waals surface area contributed by atoms with Crippen LogP contribution in [0.3, 0.4) is 0 Å². The van der Waals surface area contributed by atoms with Crippen molar-refractivity contribution in [1.82, 2.24) is 10.2 Å². The molecule has 1 aliphatic rings. The van der Waals surface area contributed by atoms with E-state index in [0.29, 0.717) is 17.4 Å². The van der Waals surface area contributed by atoms with E-state index in [9.17, 15) is 4.79 Å². The van der Waals surface area contributed by atoms with Crippen molar-refractivity contribution < 1.29 is 13.9 Å². The number of likely N-dealkylation sites (tertiary alicyclic amines) is 1. The standard InChI is InChI=1S/C18H21ClN2O3/c19-14-3-5-16(6-4-14)23-13-11-21-9-7-15(8-10-21)20-18(22)17-2-1-12-24-17/h1-6,12,15H,7-11,13H2,(H,20,22). The molecule has 5 nitrogen and oxygen atoms in total. The lowest BCUT2D eigenvalue weighted by molar-refractivity contribution is 0.0878. The van der Waals surface area contributed by atoms with Gasteiger partial charge in [0.1, 0.15) is 12.4 Å². The summed E-state index contributed by atoms with van der Waals surface area (Å²) in [6.45, 7) is 3.42. The van der Waals surface area contributed by atoms with Gasteiger partial charge in [-0.15, -0.1) is 0 Å². The van der Waals surface area contributed by atoms with Crippen LogP contribution in [0.5, 0.6) is 5.75 Å². The Morgan fingerprint density at radius 3 is 2.67 bits per heavy atom. The average Bonchev–Trinajstić information content (AvgIpc) is 3.13. The van der Waals surface area contributed by atoms with Gasteiger partial charge in [-0.25, -0.2) is 0 Å². The average molecular weight is 349 g/mol. The molecule has 0 spiro atoms. The molecule has 0 radical (unpaired) electrons. The van der Waals surface area contributed by atoms with Crippen LogP contribution < -0.4 is 10.1 Å². The second kappa shape index (κ2) is 8.22. The molecule has 1 N–H and O–H groups in total. The fourth-order valence-electron chi connectivity index (χ4n) is 2.79. The van der Waals surface area contributed by atoms with Crippen molar-refractivity contribution >= 4 is 17.5 Å². The lowest BCUT2D eigenvalue weighted by Crippen LogP contribution is -2.45. The Labute approximate surface area is 146 Å². The summed E-state index contributed by atoms with van der Waals surface area (Å²) in [6.07, 6.45) is 3.39. The molecule has 2 heterocycles. The molecule has 2 aromatic rings. The van der Waals surface area contributed by atoms with E-state index in [1.165, 1.54) is 6.26 Å². The van der Waals surface area contributed by atoms with Crippen LogP contribution in [0.15, 0.2) is 47.1 Å². The number of hydrogen-bond donors (Lipinski definition) is 1. The molecule has 0 unspecified atom stereocenters. The maximum atomic E-state index is 12.0. The second-order valence-electron chi connectivity index (χ2n) is 5.87. The zero-order valence-electron chi connectivity index (χ0n) is 13.4. The van der Waals surface area contributed by atoms with Crippen molar-refractivity contribution in [2.75, 3.05) is 26.2 Å². The molecule has 1 aromatic carbocycles. The minimum Gasteiger partial charge on any atom is -0.492 e. The molecule has 0 atom stereocenters. The molecule has 3 rings (SSSR count). The van der Waals surface area contributed by atoms with Crippen LogP contribution in [-0.2, 0) is 0 Å². The number of rotatable bonds is 6. The van der Waals surface area contributed by atoms with Crippen molar-refractivity contribution in [3.8, 4) is 5.75 Å². The van der Waals surface area contributed by atoms with E-state index in [2.05, 4.69) is 10.2 Å². The first-order valence-electron chi connectivity index (χ1n) is 8.16. The van der Waals surface area contributed by atoms with Crippen LogP contribution in [0.1, 0.15) is 23.4 Å². The lowest BCUT2D eigenvalue weighted by atomic mass is 10.0. The van der Waals surface area contributed by atoms with Gasteiger partial charge >= 0.3 is 0 Å². The first kappa shape index (κ1) is 16.9. The highest BCUT2D eigenvalue weighted by atomic mass is 35.5.